The van der Waals surface area contributed by atoms with Crippen molar-refractivity contribution in [2.75, 3.05) is 0 Å². The summed E-state index contributed by atoms with van der Waals surface area (Å²) in [5, 5.41) is 0. The van der Waals surface area contributed by atoms with E-state index in [1.54, 1.807) is 6.26 Å². The number of halogens is 1. The van der Waals surface area contributed by atoms with E-state index in [4.69, 9.17) is 10.2 Å². The van der Waals surface area contributed by atoms with Gasteiger partial charge in [-0.3, -0.25) is 0 Å². The molecule has 0 aliphatic rings. The lowest BCUT2D eigenvalue weighted by Crippen LogP contribution is -2.12. The van der Waals surface area contributed by atoms with Gasteiger partial charge in [0.1, 0.15) is 5.76 Å². The van der Waals surface area contributed by atoms with Crippen molar-refractivity contribution in [2.45, 2.75) is 19.9 Å². The summed E-state index contributed by atoms with van der Waals surface area (Å²) in [6.07, 6.45) is 1.65. The van der Waals surface area contributed by atoms with Crippen molar-refractivity contribution in [1.82, 2.24) is 0 Å². The van der Waals surface area contributed by atoms with Crippen LogP contribution in [0.25, 0.3) is 0 Å². The van der Waals surface area contributed by atoms with E-state index >= 15 is 0 Å². The van der Waals surface area contributed by atoms with Gasteiger partial charge in [0.05, 0.1) is 12.3 Å². The standard InChI is InChI=1S/C13H14BrNO/c1-8-7-11(14)9(2)6-10(8)13(15)12-4-3-5-16-12/h3-7,13H,15H2,1-2H3. The van der Waals surface area contributed by atoms with Crippen molar-refractivity contribution in [3.63, 3.8) is 0 Å². The molecule has 0 fully saturated rings. The summed E-state index contributed by atoms with van der Waals surface area (Å²) in [4.78, 5) is 0. The Balaban J connectivity index is 2.44. The van der Waals surface area contributed by atoms with Gasteiger partial charge in [0, 0.05) is 4.47 Å². The summed E-state index contributed by atoms with van der Waals surface area (Å²) < 4.78 is 6.45. The van der Waals surface area contributed by atoms with Gasteiger partial charge < -0.3 is 10.2 Å². The van der Waals surface area contributed by atoms with Gasteiger partial charge in [0.2, 0.25) is 0 Å². The van der Waals surface area contributed by atoms with Crippen LogP contribution in [0.4, 0.5) is 0 Å². The van der Waals surface area contributed by atoms with Crippen LogP contribution in [0.15, 0.2) is 39.4 Å². The normalized spacial score (nSPS) is 12.8. The Morgan fingerprint density at radius 1 is 1.25 bits per heavy atom. The molecule has 0 amide bonds. The van der Waals surface area contributed by atoms with Gasteiger partial charge in [0.15, 0.2) is 0 Å². The van der Waals surface area contributed by atoms with Crippen LogP contribution in [0.3, 0.4) is 0 Å². The molecule has 1 unspecified atom stereocenters. The van der Waals surface area contributed by atoms with Crippen LogP contribution in [0, 0.1) is 13.8 Å². The molecule has 3 heteroatoms. The summed E-state index contributed by atoms with van der Waals surface area (Å²) in [7, 11) is 0. The van der Waals surface area contributed by atoms with Crippen molar-refractivity contribution >= 4 is 15.9 Å². The van der Waals surface area contributed by atoms with Crippen LogP contribution in [-0.4, -0.2) is 0 Å². The molecular formula is C13H14BrNO. The van der Waals surface area contributed by atoms with Crippen molar-refractivity contribution in [3.05, 3.63) is 57.5 Å². The molecule has 0 spiro atoms. The third kappa shape index (κ3) is 2.06. The number of hydrogen-bond acceptors (Lipinski definition) is 2. The van der Waals surface area contributed by atoms with E-state index in [1.807, 2.05) is 12.1 Å². The van der Waals surface area contributed by atoms with Crippen LogP contribution >= 0.6 is 15.9 Å². The molecule has 2 rings (SSSR count). The molecule has 0 aliphatic carbocycles. The van der Waals surface area contributed by atoms with E-state index in [0.29, 0.717) is 0 Å². The molecule has 0 bridgehead atoms. The van der Waals surface area contributed by atoms with Crippen LogP contribution in [0.5, 0.6) is 0 Å². The summed E-state index contributed by atoms with van der Waals surface area (Å²) in [5.41, 5.74) is 9.63. The number of hydrogen-bond donors (Lipinski definition) is 1. The minimum absolute atomic E-state index is 0.193. The fourth-order valence-corrected chi connectivity index (χ4v) is 2.22. The lowest BCUT2D eigenvalue weighted by atomic mass is 9.98. The summed E-state index contributed by atoms with van der Waals surface area (Å²) >= 11 is 3.51. The molecule has 1 heterocycles. The highest BCUT2D eigenvalue weighted by molar-refractivity contribution is 9.10. The Bertz CT molecular complexity index is 491. The molecule has 1 atom stereocenters. The molecule has 2 aromatic rings. The number of nitrogens with two attached hydrogens (primary N) is 1. The van der Waals surface area contributed by atoms with Gasteiger partial charge in [-0.1, -0.05) is 22.0 Å². The van der Waals surface area contributed by atoms with Gasteiger partial charge in [-0.25, -0.2) is 0 Å². The first-order valence-corrected chi connectivity index (χ1v) is 5.94. The molecule has 1 aromatic heterocycles. The zero-order valence-corrected chi connectivity index (χ0v) is 10.9. The first kappa shape index (κ1) is 11.4. The SMILES string of the molecule is Cc1cc(C(N)c2ccco2)c(C)cc1Br. The molecule has 2 nitrogen and oxygen atoms in total. The lowest BCUT2D eigenvalue weighted by Gasteiger charge is -2.14. The van der Waals surface area contributed by atoms with Crippen LogP contribution in [0.1, 0.15) is 28.5 Å². The van der Waals surface area contributed by atoms with Gasteiger partial charge in [-0.05, 0) is 48.7 Å². The maximum absolute atomic E-state index is 6.17. The predicted octanol–water partition coefficient (Wildman–Crippen LogP) is 3.71. The highest BCUT2D eigenvalue weighted by Gasteiger charge is 2.14. The van der Waals surface area contributed by atoms with Crippen LogP contribution in [0.2, 0.25) is 0 Å². The smallest absolute Gasteiger partial charge is 0.125 e. The Morgan fingerprint density at radius 2 is 2.00 bits per heavy atom. The monoisotopic (exact) mass is 279 g/mol. The average molecular weight is 280 g/mol. The molecular weight excluding hydrogens is 266 g/mol. The van der Waals surface area contributed by atoms with Crippen molar-refractivity contribution in [2.24, 2.45) is 5.73 Å². The third-order valence-corrected chi connectivity index (χ3v) is 3.59. The fraction of sp³-hybridized carbons (Fsp3) is 0.231. The number of furan rings is 1. The van der Waals surface area contributed by atoms with E-state index in [9.17, 15) is 0 Å². The Hall–Kier alpha value is -1.06. The number of benzene rings is 1. The first-order chi connectivity index (χ1) is 7.59. The molecule has 84 valence electrons. The Kier molecular flexibility index (Phi) is 3.17. The van der Waals surface area contributed by atoms with Crippen molar-refractivity contribution in [1.29, 1.82) is 0 Å². The predicted molar refractivity (Wildman–Crippen MR) is 68.4 cm³/mol. The topological polar surface area (TPSA) is 39.2 Å². The number of rotatable bonds is 2. The quantitative estimate of drug-likeness (QED) is 0.910. The maximum atomic E-state index is 6.17. The van der Waals surface area contributed by atoms with Crippen molar-refractivity contribution in [3.8, 4) is 0 Å². The minimum atomic E-state index is -0.193. The van der Waals surface area contributed by atoms with E-state index in [-0.39, 0.29) is 6.04 Å². The third-order valence-electron chi connectivity index (χ3n) is 2.73. The second-order valence-electron chi connectivity index (χ2n) is 3.95. The summed E-state index contributed by atoms with van der Waals surface area (Å²) in [6.45, 7) is 4.12. The Morgan fingerprint density at radius 3 is 2.62 bits per heavy atom. The second kappa shape index (κ2) is 4.44. The molecule has 16 heavy (non-hydrogen) atoms. The first-order valence-electron chi connectivity index (χ1n) is 5.15. The average Bonchev–Trinajstić information content (AvgIpc) is 2.75. The molecule has 0 saturated carbocycles. The summed E-state index contributed by atoms with van der Waals surface area (Å²) in [5.74, 6) is 0.796. The highest BCUT2D eigenvalue weighted by Crippen LogP contribution is 2.27. The lowest BCUT2D eigenvalue weighted by molar-refractivity contribution is 0.489. The minimum Gasteiger partial charge on any atom is -0.467 e. The zero-order valence-electron chi connectivity index (χ0n) is 9.33. The molecule has 1 aromatic carbocycles. The molecule has 0 saturated heterocycles. The van der Waals surface area contributed by atoms with E-state index in [2.05, 4.69) is 41.9 Å². The zero-order chi connectivity index (χ0) is 11.7. The fourth-order valence-electron chi connectivity index (χ4n) is 1.76. The van der Waals surface area contributed by atoms with Gasteiger partial charge in [-0.15, -0.1) is 0 Å². The van der Waals surface area contributed by atoms with E-state index in [0.717, 1.165) is 15.8 Å². The van der Waals surface area contributed by atoms with Gasteiger partial charge in [-0.2, -0.15) is 0 Å². The maximum Gasteiger partial charge on any atom is 0.125 e. The van der Waals surface area contributed by atoms with E-state index in [1.165, 1.54) is 11.1 Å². The summed E-state index contributed by atoms with van der Waals surface area (Å²) in [6, 6.07) is 7.76. The molecule has 0 aliphatic heterocycles. The Labute approximate surface area is 104 Å². The highest BCUT2D eigenvalue weighted by atomic mass is 79.9. The van der Waals surface area contributed by atoms with Gasteiger partial charge >= 0.3 is 0 Å². The molecule has 0 radical (unpaired) electrons. The van der Waals surface area contributed by atoms with Crippen LogP contribution in [-0.2, 0) is 0 Å². The van der Waals surface area contributed by atoms with Crippen LogP contribution < -0.4 is 5.73 Å². The van der Waals surface area contributed by atoms with Crippen molar-refractivity contribution < 1.29 is 4.42 Å². The molecule has 2 N–H and O–H groups in total. The largest absolute Gasteiger partial charge is 0.467 e. The number of aryl methyl sites for hydroxylation is 2. The second-order valence-corrected chi connectivity index (χ2v) is 4.81. The van der Waals surface area contributed by atoms with Gasteiger partial charge in [0.25, 0.3) is 0 Å². The van der Waals surface area contributed by atoms with E-state index < -0.39 is 0 Å².